The molecule has 0 saturated carbocycles. The molecule has 6 nitrogen and oxygen atoms in total. The van der Waals surface area contributed by atoms with E-state index in [9.17, 15) is 0 Å². The lowest BCUT2D eigenvalue weighted by molar-refractivity contribution is 0.412. The Balaban J connectivity index is 2.06. The summed E-state index contributed by atoms with van der Waals surface area (Å²) >= 11 is 0. The Morgan fingerprint density at radius 3 is 2.55 bits per heavy atom. The van der Waals surface area contributed by atoms with Gasteiger partial charge in [-0.05, 0) is 12.8 Å². The van der Waals surface area contributed by atoms with E-state index < -0.39 is 0 Å². The molecule has 2 heterocycles. The standard InChI is InChI=1S/C14H21N5O/c1-3-5-12-17-13(15-7-4-2)9-14(18-12)16-10-11-6-8-20-19-11/h6,8-9H,3-5,7,10H2,1-2H3,(H2,15,16,17,18). The number of aromatic nitrogens is 3. The maximum absolute atomic E-state index is 4.81. The molecule has 0 spiro atoms. The van der Waals surface area contributed by atoms with Crippen molar-refractivity contribution in [2.45, 2.75) is 39.7 Å². The van der Waals surface area contributed by atoms with E-state index in [0.29, 0.717) is 6.54 Å². The van der Waals surface area contributed by atoms with Gasteiger partial charge in [-0.2, -0.15) is 0 Å². The summed E-state index contributed by atoms with van der Waals surface area (Å²) in [7, 11) is 0. The van der Waals surface area contributed by atoms with Crippen LogP contribution >= 0.6 is 0 Å². The largest absolute Gasteiger partial charge is 0.370 e. The van der Waals surface area contributed by atoms with Crippen LogP contribution in [0.1, 0.15) is 38.2 Å². The molecule has 2 aromatic rings. The quantitative estimate of drug-likeness (QED) is 0.771. The minimum Gasteiger partial charge on any atom is -0.370 e. The number of aryl methyl sites for hydroxylation is 1. The number of hydrogen-bond acceptors (Lipinski definition) is 6. The zero-order chi connectivity index (χ0) is 14.2. The van der Waals surface area contributed by atoms with E-state index in [1.807, 2.05) is 12.1 Å². The summed E-state index contributed by atoms with van der Waals surface area (Å²) in [6, 6.07) is 3.76. The van der Waals surface area contributed by atoms with E-state index in [-0.39, 0.29) is 0 Å². The molecule has 0 unspecified atom stereocenters. The second-order valence-corrected chi connectivity index (χ2v) is 4.58. The first kappa shape index (κ1) is 14.3. The Morgan fingerprint density at radius 2 is 1.90 bits per heavy atom. The molecule has 20 heavy (non-hydrogen) atoms. The molecule has 0 aliphatic heterocycles. The Hall–Kier alpha value is -2.11. The zero-order valence-corrected chi connectivity index (χ0v) is 12.0. The molecule has 6 heteroatoms. The maximum Gasteiger partial charge on any atom is 0.133 e. The van der Waals surface area contributed by atoms with E-state index in [4.69, 9.17) is 4.52 Å². The third-order valence-corrected chi connectivity index (χ3v) is 2.74. The smallest absolute Gasteiger partial charge is 0.133 e. The Bertz CT molecular complexity index is 512. The summed E-state index contributed by atoms with van der Waals surface area (Å²) in [6.45, 7) is 5.75. The van der Waals surface area contributed by atoms with Crippen molar-refractivity contribution in [3.63, 3.8) is 0 Å². The number of anilines is 2. The van der Waals surface area contributed by atoms with Gasteiger partial charge in [-0.25, -0.2) is 9.97 Å². The highest BCUT2D eigenvalue weighted by Gasteiger charge is 2.05. The average molecular weight is 275 g/mol. The summed E-state index contributed by atoms with van der Waals surface area (Å²) in [5.41, 5.74) is 0.851. The fourth-order valence-electron chi connectivity index (χ4n) is 1.78. The lowest BCUT2D eigenvalue weighted by Crippen LogP contribution is -2.09. The van der Waals surface area contributed by atoms with Gasteiger partial charge in [0.2, 0.25) is 0 Å². The Labute approximate surface area is 119 Å². The van der Waals surface area contributed by atoms with Crippen LogP contribution in [0.15, 0.2) is 22.9 Å². The SMILES string of the molecule is CCCNc1cc(NCc2ccon2)nc(CCC)n1. The fraction of sp³-hybridized carbons (Fsp3) is 0.500. The number of nitrogens with zero attached hydrogens (tertiary/aromatic N) is 3. The summed E-state index contributed by atoms with van der Waals surface area (Å²) in [6.07, 6.45) is 4.53. The average Bonchev–Trinajstić information content (AvgIpc) is 2.96. The molecule has 108 valence electrons. The number of nitrogens with one attached hydrogen (secondary N) is 2. The molecule has 0 atom stereocenters. The third kappa shape index (κ3) is 4.22. The molecular weight excluding hydrogens is 254 g/mol. The molecule has 0 saturated heterocycles. The first-order valence-corrected chi connectivity index (χ1v) is 7.06. The van der Waals surface area contributed by atoms with Crippen molar-refractivity contribution in [2.75, 3.05) is 17.2 Å². The minimum atomic E-state index is 0.590. The van der Waals surface area contributed by atoms with Crippen LogP contribution < -0.4 is 10.6 Å². The monoisotopic (exact) mass is 275 g/mol. The van der Waals surface area contributed by atoms with Crippen LogP contribution in [0.5, 0.6) is 0 Å². The van der Waals surface area contributed by atoms with Crippen molar-refractivity contribution >= 4 is 11.6 Å². The van der Waals surface area contributed by atoms with Crippen LogP contribution in [0.25, 0.3) is 0 Å². The van der Waals surface area contributed by atoms with Crippen molar-refractivity contribution < 1.29 is 4.52 Å². The summed E-state index contributed by atoms with van der Waals surface area (Å²) in [4.78, 5) is 9.02. The van der Waals surface area contributed by atoms with Crippen molar-refractivity contribution in [1.29, 1.82) is 0 Å². The molecule has 0 aliphatic rings. The maximum atomic E-state index is 4.81. The summed E-state index contributed by atoms with van der Waals surface area (Å²) in [5, 5.41) is 10.4. The molecule has 0 aromatic carbocycles. The van der Waals surface area contributed by atoms with E-state index in [0.717, 1.165) is 49.0 Å². The minimum absolute atomic E-state index is 0.590. The van der Waals surface area contributed by atoms with Crippen molar-refractivity contribution in [1.82, 2.24) is 15.1 Å². The highest BCUT2D eigenvalue weighted by atomic mass is 16.5. The van der Waals surface area contributed by atoms with Gasteiger partial charge in [-0.3, -0.25) is 0 Å². The van der Waals surface area contributed by atoms with Crippen LogP contribution in [0, 0.1) is 0 Å². The first-order valence-electron chi connectivity index (χ1n) is 7.06. The van der Waals surface area contributed by atoms with Crippen LogP contribution in [0.4, 0.5) is 11.6 Å². The van der Waals surface area contributed by atoms with Gasteiger partial charge in [-0.1, -0.05) is 19.0 Å². The number of rotatable bonds is 8. The van der Waals surface area contributed by atoms with Gasteiger partial charge in [0.25, 0.3) is 0 Å². The molecule has 0 fully saturated rings. The molecule has 2 rings (SSSR count). The predicted molar refractivity (Wildman–Crippen MR) is 78.6 cm³/mol. The second-order valence-electron chi connectivity index (χ2n) is 4.58. The third-order valence-electron chi connectivity index (χ3n) is 2.74. The van der Waals surface area contributed by atoms with Gasteiger partial charge >= 0.3 is 0 Å². The molecular formula is C14H21N5O. The van der Waals surface area contributed by atoms with Gasteiger partial charge < -0.3 is 15.2 Å². The van der Waals surface area contributed by atoms with Gasteiger partial charge in [-0.15, -0.1) is 0 Å². The van der Waals surface area contributed by atoms with Gasteiger partial charge in [0.05, 0.1) is 6.54 Å². The van der Waals surface area contributed by atoms with Gasteiger partial charge in [0.15, 0.2) is 0 Å². The topological polar surface area (TPSA) is 75.9 Å². The van der Waals surface area contributed by atoms with E-state index in [2.05, 4.69) is 39.6 Å². The van der Waals surface area contributed by atoms with E-state index in [1.165, 1.54) is 0 Å². The fourth-order valence-corrected chi connectivity index (χ4v) is 1.78. The highest BCUT2D eigenvalue weighted by Crippen LogP contribution is 2.13. The highest BCUT2D eigenvalue weighted by molar-refractivity contribution is 5.47. The predicted octanol–water partition coefficient (Wildman–Crippen LogP) is 2.85. The van der Waals surface area contributed by atoms with Crippen LogP contribution in [-0.2, 0) is 13.0 Å². The molecule has 0 radical (unpaired) electrons. The van der Waals surface area contributed by atoms with Crippen LogP contribution in [0.2, 0.25) is 0 Å². The molecule has 2 aromatic heterocycles. The lowest BCUT2D eigenvalue weighted by atomic mass is 10.3. The molecule has 0 aliphatic carbocycles. The normalized spacial score (nSPS) is 10.5. The second kappa shape index (κ2) is 7.47. The van der Waals surface area contributed by atoms with Crippen molar-refractivity contribution in [3.8, 4) is 0 Å². The van der Waals surface area contributed by atoms with Gasteiger partial charge in [0.1, 0.15) is 29.4 Å². The van der Waals surface area contributed by atoms with E-state index in [1.54, 1.807) is 6.26 Å². The van der Waals surface area contributed by atoms with Gasteiger partial charge in [0, 0.05) is 25.1 Å². The van der Waals surface area contributed by atoms with E-state index >= 15 is 0 Å². The number of hydrogen-bond donors (Lipinski definition) is 2. The molecule has 0 amide bonds. The first-order chi connectivity index (χ1) is 9.81. The van der Waals surface area contributed by atoms with Crippen LogP contribution in [0.3, 0.4) is 0 Å². The summed E-state index contributed by atoms with van der Waals surface area (Å²) < 4.78 is 4.81. The van der Waals surface area contributed by atoms with Crippen molar-refractivity contribution in [2.24, 2.45) is 0 Å². The molecule has 0 bridgehead atoms. The van der Waals surface area contributed by atoms with Crippen LogP contribution in [-0.4, -0.2) is 21.7 Å². The summed E-state index contributed by atoms with van der Waals surface area (Å²) in [5.74, 6) is 2.54. The zero-order valence-electron chi connectivity index (χ0n) is 12.0. The van der Waals surface area contributed by atoms with Crippen molar-refractivity contribution in [3.05, 3.63) is 29.9 Å². The Kier molecular flexibility index (Phi) is 5.34. The lowest BCUT2D eigenvalue weighted by Gasteiger charge is -2.10. The molecule has 2 N–H and O–H groups in total. The Morgan fingerprint density at radius 1 is 1.10 bits per heavy atom.